The molecule has 0 fully saturated rings. The van der Waals surface area contributed by atoms with Gasteiger partial charge >= 0.3 is 0 Å². The molecule has 18 heavy (non-hydrogen) atoms. The Balaban J connectivity index is 2.11. The van der Waals surface area contributed by atoms with E-state index >= 15 is 0 Å². The van der Waals surface area contributed by atoms with Gasteiger partial charge in [0, 0.05) is 24.2 Å². The maximum Gasteiger partial charge on any atom is 0.263 e. The summed E-state index contributed by atoms with van der Waals surface area (Å²) in [6, 6.07) is 11.4. The molecule has 1 amide bonds. The van der Waals surface area contributed by atoms with E-state index in [9.17, 15) is 4.79 Å². The number of anilines is 1. The lowest BCUT2D eigenvalue weighted by molar-refractivity contribution is 0.0790. The van der Waals surface area contributed by atoms with E-state index in [4.69, 9.17) is 5.73 Å². The lowest BCUT2D eigenvalue weighted by atomic mass is 10.1. The highest BCUT2D eigenvalue weighted by Crippen LogP contribution is 2.19. The Morgan fingerprint density at radius 1 is 1.28 bits per heavy atom. The number of benzene rings is 1. The monoisotopic (exact) mass is 260 g/mol. The van der Waals surface area contributed by atoms with Crippen molar-refractivity contribution in [1.29, 1.82) is 0 Å². The molecule has 1 aromatic carbocycles. The maximum atomic E-state index is 12.2. The lowest BCUT2D eigenvalue weighted by Crippen LogP contribution is -2.25. The Kier molecular flexibility index (Phi) is 3.67. The summed E-state index contributed by atoms with van der Waals surface area (Å²) < 4.78 is 0. The van der Waals surface area contributed by atoms with Crippen LogP contribution in [0.1, 0.15) is 20.1 Å². The van der Waals surface area contributed by atoms with E-state index in [0.29, 0.717) is 6.54 Å². The minimum atomic E-state index is 0.0383. The number of aryl methyl sites for hydroxylation is 1. The zero-order chi connectivity index (χ0) is 13.1. The topological polar surface area (TPSA) is 46.3 Å². The third-order valence-electron chi connectivity index (χ3n) is 2.76. The fourth-order valence-corrected chi connectivity index (χ4v) is 2.61. The molecule has 2 N–H and O–H groups in total. The average Bonchev–Trinajstić information content (AvgIpc) is 2.78. The summed E-state index contributed by atoms with van der Waals surface area (Å²) >= 11 is 1.52. The molecule has 2 aromatic rings. The molecular formula is C14H16N2OS. The fourth-order valence-electron chi connectivity index (χ4n) is 1.74. The van der Waals surface area contributed by atoms with Crippen LogP contribution in [0.5, 0.6) is 0 Å². The van der Waals surface area contributed by atoms with Crippen LogP contribution in [0.2, 0.25) is 0 Å². The maximum absolute atomic E-state index is 12.2. The van der Waals surface area contributed by atoms with E-state index in [1.807, 2.05) is 43.3 Å². The Hall–Kier alpha value is -1.81. The molecular weight excluding hydrogens is 244 g/mol. The Labute approximate surface area is 111 Å². The van der Waals surface area contributed by atoms with Crippen molar-refractivity contribution in [1.82, 2.24) is 4.90 Å². The lowest BCUT2D eigenvalue weighted by Gasteiger charge is -2.17. The Morgan fingerprint density at radius 2 is 2.00 bits per heavy atom. The van der Waals surface area contributed by atoms with Crippen molar-refractivity contribution in [3.05, 3.63) is 51.7 Å². The molecule has 1 aromatic heterocycles. The first-order valence-electron chi connectivity index (χ1n) is 5.73. The second-order valence-electron chi connectivity index (χ2n) is 4.27. The van der Waals surface area contributed by atoms with Crippen LogP contribution in [-0.2, 0) is 6.54 Å². The van der Waals surface area contributed by atoms with Crippen LogP contribution in [0.25, 0.3) is 0 Å². The van der Waals surface area contributed by atoms with Crippen molar-refractivity contribution >= 4 is 22.9 Å². The number of hydrogen-bond acceptors (Lipinski definition) is 3. The number of hydrogen-bond donors (Lipinski definition) is 1. The van der Waals surface area contributed by atoms with Gasteiger partial charge in [-0.25, -0.2) is 0 Å². The molecule has 0 spiro atoms. The van der Waals surface area contributed by atoms with Crippen molar-refractivity contribution in [2.45, 2.75) is 13.5 Å². The van der Waals surface area contributed by atoms with E-state index in [1.54, 1.807) is 11.9 Å². The number of thiophene rings is 1. The molecule has 0 aliphatic heterocycles. The quantitative estimate of drug-likeness (QED) is 0.862. The van der Waals surface area contributed by atoms with Gasteiger partial charge in [-0.05, 0) is 30.7 Å². The van der Waals surface area contributed by atoms with Crippen molar-refractivity contribution in [3.8, 4) is 0 Å². The highest BCUT2D eigenvalue weighted by Gasteiger charge is 2.14. The number of nitrogens with two attached hydrogens (primary N) is 1. The molecule has 1 heterocycles. The molecule has 0 bridgehead atoms. The number of nitrogen functional groups attached to an aromatic ring is 1. The number of para-hydroxylation sites is 1. The van der Waals surface area contributed by atoms with Crippen molar-refractivity contribution in [2.75, 3.05) is 12.8 Å². The van der Waals surface area contributed by atoms with E-state index in [1.165, 1.54) is 11.3 Å². The normalized spacial score (nSPS) is 10.3. The molecule has 4 heteroatoms. The van der Waals surface area contributed by atoms with Gasteiger partial charge < -0.3 is 10.6 Å². The summed E-state index contributed by atoms with van der Waals surface area (Å²) in [6.45, 7) is 2.53. The predicted octanol–water partition coefficient (Wildman–Crippen LogP) is 2.91. The second-order valence-corrected chi connectivity index (χ2v) is 5.56. The van der Waals surface area contributed by atoms with Gasteiger partial charge in [-0.3, -0.25) is 4.79 Å². The molecule has 0 radical (unpaired) electrons. The van der Waals surface area contributed by atoms with Gasteiger partial charge in [0.25, 0.3) is 5.91 Å². The molecule has 0 aliphatic rings. The third-order valence-corrected chi connectivity index (χ3v) is 3.75. The first kappa shape index (κ1) is 12.6. The van der Waals surface area contributed by atoms with Gasteiger partial charge in [0.1, 0.15) is 0 Å². The van der Waals surface area contributed by atoms with Crippen LogP contribution < -0.4 is 5.73 Å². The first-order valence-corrected chi connectivity index (χ1v) is 6.55. The van der Waals surface area contributed by atoms with Crippen LogP contribution in [0.15, 0.2) is 36.4 Å². The summed E-state index contributed by atoms with van der Waals surface area (Å²) in [5.41, 5.74) is 7.57. The molecule has 3 nitrogen and oxygen atoms in total. The highest BCUT2D eigenvalue weighted by atomic mass is 32.1. The zero-order valence-corrected chi connectivity index (χ0v) is 11.3. The summed E-state index contributed by atoms with van der Waals surface area (Å²) in [5, 5.41) is 0. The second kappa shape index (κ2) is 5.23. The standard InChI is InChI=1S/C14H16N2OS/c1-10-7-8-13(18-10)14(17)16(2)9-11-5-3-4-6-12(11)15/h3-8H,9,15H2,1-2H3. The molecule has 0 saturated carbocycles. The number of carbonyl (C=O) groups is 1. The fraction of sp³-hybridized carbons (Fsp3) is 0.214. The van der Waals surface area contributed by atoms with E-state index in [-0.39, 0.29) is 5.91 Å². The van der Waals surface area contributed by atoms with Crippen LogP contribution in [0, 0.1) is 6.92 Å². The van der Waals surface area contributed by atoms with E-state index in [0.717, 1.165) is 21.0 Å². The number of carbonyl (C=O) groups excluding carboxylic acids is 1. The molecule has 0 saturated heterocycles. The van der Waals surface area contributed by atoms with Crippen molar-refractivity contribution in [2.24, 2.45) is 0 Å². The summed E-state index contributed by atoms with van der Waals surface area (Å²) in [5.74, 6) is 0.0383. The Bertz CT molecular complexity index is 562. The highest BCUT2D eigenvalue weighted by molar-refractivity contribution is 7.13. The minimum absolute atomic E-state index is 0.0383. The Morgan fingerprint density at radius 3 is 2.61 bits per heavy atom. The zero-order valence-electron chi connectivity index (χ0n) is 10.5. The van der Waals surface area contributed by atoms with Crippen molar-refractivity contribution in [3.63, 3.8) is 0 Å². The van der Waals surface area contributed by atoms with Gasteiger partial charge in [0.15, 0.2) is 0 Å². The van der Waals surface area contributed by atoms with Crippen LogP contribution in [-0.4, -0.2) is 17.9 Å². The average molecular weight is 260 g/mol. The van der Waals surface area contributed by atoms with Gasteiger partial charge in [0.2, 0.25) is 0 Å². The summed E-state index contributed by atoms with van der Waals surface area (Å²) in [7, 11) is 1.80. The van der Waals surface area contributed by atoms with Gasteiger partial charge in [-0.1, -0.05) is 18.2 Å². The number of nitrogens with zero attached hydrogens (tertiary/aromatic N) is 1. The summed E-state index contributed by atoms with van der Waals surface area (Å²) in [4.78, 5) is 15.8. The largest absolute Gasteiger partial charge is 0.398 e. The van der Waals surface area contributed by atoms with Gasteiger partial charge in [0.05, 0.1) is 4.88 Å². The molecule has 94 valence electrons. The molecule has 2 rings (SSSR count). The van der Waals surface area contributed by atoms with Crippen LogP contribution in [0.4, 0.5) is 5.69 Å². The summed E-state index contributed by atoms with van der Waals surface area (Å²) in [6.07, 6.45) is 0. The van der Waals surface area contributed by atoms with Gasteiger partial charge in [-0.15, -0.1) is 11.3 Å². The smallest absolute Gasteiger partial charge is 0.263 e. The molecule has 0 aliphatic carbocycles. The molecule has 0 atom stereocenters. The predicted molar refractivity (Wildman–Crippen MR) is 75.7 cm³/mol. The van der Waals surface area contributed by atoms with Gasteiger partial charge in [-0.2, -0.15) is 0 Å². The van der Waals surface area contributed by atoms with Crippen molar-refractivity contribution < 1.29 is 4.79 Å². The molecule has 0 unspecified atom stereocenters. The first-order chi connectivity index (χ1) is 8.58. The van der Waals surface area contributed by atoms with Crippen LogP contribution in [0.3, 0.4) is 0 Å². The SMILES string of the molecule is Cc1ccc(C(=O)N(C)Cc2ccccc2N)s1. The van der Waals surface area contributed by atoms with E-state index in [2.05, 4.69) is 0 Å². The van der Waals surface area contributed by atoms with Crippen LogP contribution >= 0.6 is 11.3 Å². The number of rotatable bonds is 3. The van der Waals surface area contributed by atoms with E-state index < -0.39 is 0 Å². The third kappa shape index (κ3) is 2.71. The number of amides is 1. The minimum Gasteiger partial charge on any atom is -0.398 e.